The number of fused-ring (bicyclic) bond motifs is 1. The lowest BCUT2D eigenvalue weighted by Gasteiger charge is -2.23. The minimum absolute atomic E-state index is 0. The Morgan fingerprint density at radius 2 is 1.94 bits per heavy atom. The van der Waals surface area contributed by atoms with E-state index in [1.807, 2.05) is 28.8 Å². The number of Topliss-reactive ketones (excluding diaryl/α,β-unsaturated/α-hetero) is 1. The van der Waals surface area contributed by atoms with Crippen molar-refractivity contribution in [3.63, 3.8) is 0 Å². The molecule has 0 bridgehead atoms. The van der Waals surface area contributed by atoms with Gasteiger partial charge in [0, 0.05) is 18.7 Å². The number of nitrogens with zero attached hydrogens (tertiary/aromatic N) is 2. The maximum Gasteiger partial charge on any atom is 0.176 e. The van der Waals surface area contributed by atoms with Crippen LogP contribution in [0, 0.1) is 0 Å². The van der Waals surface area contributed by atoms with E-state index in [0.717, 1.165) is 22.2 Å². The molecule has 0 N–H and O–H groups in total. The van der Waals surface area contributed by atoms with E-state index in [1.54, 1.807) is 6.92 Å². The highest BCUT2D eigenvalue weighted by Gasteiger charge is 2.16. The fraction of sp³-hybridized carbons (Fsp3) is 0.357. The van der Waals surface area contributed by atoms with Crippen molar-refractivity contribution in [1.82, 2.24) is 4.40 Å². The number of carbonyl (C=O) groups excluding carboxylic acids is 1. The number of hydrogen-bond donors (Lipinski definition) is 0. The third-order valence-electron chi connectivity index (χ3n) is 2.76. The third kappa shape index (κ3) is 3.11. The largest absolute Gasteiger partial charge is 1.00 e. The summed E-state index contributed by atoms with van der Waals surface area (Å²) >= 11 is 0. The van der Waals surface area contributed by atoms with Crippen molar-refractivity contribution in [3.8, 4) is 0 Å². The Kier molecular flexibility index (Phi) is 4.55. The van der Waals surface area contributed by atoms with Gasteiger partial charge in [0.15, 0.2) is 5.78 Å². The number of aromatic nitrogens is 1. The minimum atomic E-state index is 0. The number of pyridine rings is 1. The second kappa shape index (κ2) is 5.40. The van der Waals surface area contributed by atoms with Gasteiger partial charge in [-0.15, -0.1) is 0 Å². The van der Waals surface area contributed by atoms with Gasteiger partial charge in [-0.3, -0.25) is 4.79 Å². The average Bonchev–Trinajstić information content (AvgIpc) is 2.55. The second-order valence-corrected chi connectivity index (χ2v) is 5.52. The summed E-state index contributed by atoms with van der Waals surface area (Å²) in [7, 11) is 6.46. The topological polar surface area (TPSA) is 21.5 Å². The molecule has 2 aromatic rings. The van der Waals surface area contributed by atoms with Crippen LogP contribution < -0.4 is 24.0 Å². The first-order valence-electron chi connectivity index (χ1n) is 5.79. The fourth-order valence-corrected chi connectivity index (χ4v) is 2.13. The molecule has 4 heteroatoms. The Labute approximate surface area is 125 Å². The predicted molar refractivity (Wildman–Crippen MR) is 69.1 cm³/mol. The summed E-state index contributed by atoms with van der Waals surface area (Å²) in [5, 5.41) is 0. The van der Waals surface area contributed by atoms with E-state index in [0.29, 0.717) is 0 Å². The van der Waals surface area contributed by atoms with Crippen molar-refractivity contribution >= 4 is 11.3 Å². The average molecular weight is 358 g/mol. The van der Waals surface area contributed by atoms with Crippen LogP contribution in [0.1, 0.15) is 23.0 Å². The molecule has 0 saturated heterocycles. The quantitative estimate of drug-likeness (QED) is 0.406. The molecule has 0 fully saturated rings. The van der Waals surface area contributed by atoms with Crippen molar-refractivity contribution in [1.29, 1.82) is 0 Å². The van der Waals surface area contributed by atoms with E-state index >= 15 is 0 Å². The molecule has 0 saturated carbocycles. The Balaban J connectivity index is 0.00000162. The van der Waals surface area contributed by atoms with Gasteiger partial charge in [-0.1, -0.05) is 6.07 Å². The lowest BCUT2D eigenvalue weighted by atomic mass is 10.2. The van der Waals surface area contributed by atoms with E-state index in [4.69, 9.17) is 0 Å². The first kappa shape index (κ1) is 15.2. The van der Waals surface area contributed by atoms with E-state index < -0.39 is 0 Å². The molecule has 0 aliphatic carbocycles. The monoisotopic (exact) mass is 358 g/mol. The second-order valence-electron chi connectivity index (χ2n) is 5.52. The van der Waals surface area contributed by atoms with E-state index in [9.17, 15) is 4.79 Å². The van der Waals surface area contributed by atoms with Gasteiger partial charge in [0.05, 0.1) is 32.4 Å². The first-order chi connectivity index (χ1) is 7.88. The van der Waals surface area contributed by atoms with Crippen LogP contribution in [-0.4, -0.2) is 35.8 Å². The number of rotatable bonds is 3. The molecule has 0 aliphatic heterocycles. The zero-order valence-corrected chi connectivity index (χ0v) is 13.4. The maximum atomic E-state index is 11.6. The van der Waals surface area contributed by atoms with Gasteiger partial charge in [-0.05, 0) is 18.2 Å². The summed E-state index contributed by atoms with van der Waals surface area (Å²) in [6.07, 6.45) is 1.95. The Morgan fingerprint density at radius 1 is 1.28 bits per heavy atom. The minimum Gasteiger partial charge on any atom is -1.00 e. The van der Waals surface area contributed by atoms with Gasteiger partial charge in [0.2, 0.25) is 0 Å². The molecular weight excluding hydrogens is 339 g/mol. The third-order valence-corrected chi connectivity index (χ3v) is 2.76. The zero-order chi connectivity index (χ0) is 12.6. The highest BCUT2D eigenvalue weighted by atomic mass is 127. The SMILES string of the molecule is CC(=O)c1cc(C[N+](C)(C)C)c2ccccn12.[I-]. The van der Waals surface area contributed by atoms with Crippen molar-refractivity contribution in [2.24, 2.45) is 0 Å². The highest BCUT2D eigenvalue weighted by Crippen LogP contribution is 2.20. The Bertz CT molecular complexity index is 567. The molecule has 0 spiro atoms. The summed E-state index contributed by atoms with van der Waals surface area (Å²) in [6, 6.07) is 8.05. The molecule has 2 aromatic heterocycles. The Morgan fingerprint density at radius 3 is 2.50 bits per heavy atom. The summed E-state index contributed by atoms with van der Waals surface area (Å²) in [4.78, 5) is 11.6. The molecule has 2 heterocycles. The van der Waals surface area contributed by atoms with Crippen LogP contribution in [0.25, 0.3) is 5.52 Å². The van der Waals surface area contributed by atoms with E-state index in [1.165, 1.54) is 5.56 Å². The van der Waals surface area contributed by atoms with Crippen LogP contribution in [0.2, 0.25) is 0 Å². The van der Waals surface area contributed by atoms with Gasteiger partial charge in [0.25, 0.3) is 0 Å². The molecule has 0 atom stereocenters. The summed E-state index contributed by atoms with van der Waals surface area (Å²) < 4.78 is 2.83. The van der Waals surface area contributed by atoms with Gasteiger partial charge >= 0.3 is 0 Å². The molecule has 0 amide bonds. The van der Waals surface area contributed by atoms with Crippen molar-refractivity contribution in [3.05, 3.63) is 41.7 Å². The van der Waals surface area contributed by atoms with Gasteiger partial charge in [-0.25, -0.2) is 0 Å². The predicted octanol–water partition coefficient (Wildman–Crippen LogP) is -0.648. The van der Waals surface area contributed by atoms with Gasteiger partial charge in [0.1, 0.15) is 6.54 Å². The van der Waals surface area contributed by atoms with Crippen LogP contribution >= 0.6 is 0 Å². The van der Waals surface area contributed by atoms with Gasteiger partial charge < -0.3 is 32.9 Å². The normalized spacial score (nSPS) is 11.3. The van der Waals surface area contributed by atoms with Crippen LogP contribution in [-0.2, 0) is 6.54 Å². The fourth-order valence-electron chi connectivity index (χ4n) is 2.13. The lowest BCUT2D eigenvalue weighted by molar-refractivity contribution is -0.883. The number of ketones is 1. The Hall–Kier alpha value is -0.880. The van der Waals surface area contributed by atoms with Crippen molar-refractivity contribution in [2.45, 2.75) is 13.5 Å². The maximum absolute atomic E-state index is 11.6. The molecular formula is C14H19IN2O. The van der Waals surface area contributed by atoms with E-state index in [2.05, 4.69) is 27.2 Å². The van der Waals surface area contributed by atoms with Crippen LogP contribution in [0.5, 0.6) is 0 Å². The number of quaternary nitrogens is 1. The molecule has 0 radical (unpaired) electrons. The van der Waals surface area contributed by atoms with E-state index in [-0.39, 0.29) is 29.8 Å². The number of hydrogen-bond acceptors (Lipinski definition) is 1. The van der Waals surface area contributed by atoms with Crippen molar-refractivity contribution in [2.75, 3.05) is 21.1 Å². The first-order valence-corrected chi connectivity index (χ1v) is 5.79. The lowest BCUT2D eigenvalue weighted by Crippen LogP contribution is -3.00. The van der Waals surface area contributed by atoms with Crippen LogP contribution in [0.15, 0.2) is 30.5 Å². The molecule has 0 unspecified atom stereocenters. The molecule has 2 rings (SSSR count). The summed E-state index contributed by atoms with van der Waals surface area (Å²) in [6.45, 7) is 2.53. The standard InChI is InChI=1S/C14H19N2O.HI/c1-11(17)14-9-12(10-16(2,3)4)13-7-5-6-8-15(13)14;/h5-9H,10H2,1-4H3;1H/q+1;/p-1. The molecule has 98 valence electrons. The summed E-state index contributed by atoms with van der Waals surface area (Å²) in [5.74, 6) is 0.110. The summed E-state index contributed by atoms with van der Waals surface area (Å²) in [5.41, 5.74) is 3.12. The van der Waals surface area contributed by atoms with Gasteiger partial charge in [-0.2, -0.15) is 0 Å². The number of carbonyl (C=O) groups is 1. The van der Waals surface area contributed by atoms with Crippen LogP contribution in [0.3, 0.4) is 0 Å². The molecule has 3 nitrogen and oxygen atoms in total. The zero-order valence-electron chi connectivity index (χ0n) is 11.3. The van der Waals surface area contributed by atoms with Crippen molar-refractivity contribution < 1.29 is 33.3 Å². The number of halogens is 1. The smallest absolute Gasteiger partial charge is 0.176 e. The van der Waals surface area contributed by atoms with Crippen LogP contribution in [0.4, 0.5) is 0 Å². The molecule has 18 heavy (non-hydrogen) atoms. The molecule has 0 aliphatic rings. The molecule has 0 aromatic carbocycles. The highest BCUT2D eigenvalue weighted by molar-refractivity contribution is 5.94.